The van der Waals surface area contributed by atoms with Crippen LogP contribution in [-0.2, 0) is 11.3 Å². The Morgan fingerprint density at radius 3 is 2.79 bits per heavy atom. The summed E-state index contributed by atoms with van der Waals surface area (Å²) in [6, 6.07) is 3.22. The Morgan fingerprint density at radius 2 is 2.07 bits per heavy atom. The van der Waals surface area contributed by atoms with Crippen LogP contribution in [0.15, 0.2) is 22.6 Å². The lowest BCUT2D eigenvalue weighted by Gasteiger charge is -2.34. The number of oxazole rings is 1. The molecular weight excluding hydrogens is 364 g/mol. The average molecular weight is 391 g/mol. The van der Waals surface area contributed by atoms with Gasteiger partial charge in [-0.15, -0.1) is 0 Å². The highest BCUT2D eigenvalue weighted by molar-refractivity contribution is 5.79. The van der Waals surface area contributed by atoms with Gasteiger partial charge in [0.15, 0.2) is 0 Å². The van der Waals surface area contributed by atoms with E-state index in [0.29, 0.717) is 24.5 Å². The zero-order valence-electron chi connectivity index (χ0n) is 16.7. The summed E-state index contributed by atoms with van der Waals surface area (Å²) in [5.74, 6) is -0.261. The van der Waals surface area contributed by atoms with Gasteiger partial charge < -0.3 is 9.32 Å². The fourth-order valence-electron chi connectivity index (χ4n) is 3.76. The van der Waals surface area contributed by atoms with Gasteiger partial charge in [-0.2, -0.15) is 0 Å². The van der Waals surface area contributed by atoms with Crippen molar-refractivity contribution in [2.75, 3.05) is 26.2 Å². The first kappa shape index (κ1) is 20.5. The number of nitrogens with zero attached hydrogens (tertiary/aromatic N) is 3. The fourth-order valence-corrected chi connectivity index (χ4v) is 3.76. The van der Waals surface area contributed by atoms with E-state index in [1.165, 1.54) is 0 Å². The van der Waals surface area contributed by atoms with Crippen molar-refractivity contribution in [2.24, 2.45) is 5.92 Å². The van der Waals surface area contributed by atoms with Gasteiger partial charge in [0, 0.05) is 26.2 Å². The molecule has 0 spiro atoms. The number of hydrogen-bond donors (Lipinski definition) is 0. The molecule has 0 N–H and O–H groups in total. The molecule has 1 amide bonds. The molecule has 1 aromatic carbocycles. The summed E-state index contributed by atoms with van der Waals surface area (Å²) in [7, 11) is 0. The van der Waals surface area contributed by atoms with Crippen molar-refractivity contribution in [1.29, 1.82) is 0 Å². The van der Waals surface area contributed by atoms with Crippen molar-refractivity contribution in [1.82, 2.24) is 14.8 Å². The van der Waals surface area contributed by atoms with Crippen LogP contribution in [-0.4, -0.2) is 46.9 Å². The smallest absolute Gasteiger partial charge is 0.229 e. The Morgan fingerprint density at radius 1 is 1.32 bits per heavy atom. The second-order valence-corrected chi connectivity index (χ2v) is 7.23. The largest absolute Gasteiger partial charge is 0.441 e. The van der Waals surface area contributed by atoms with Crippen LogP contribution < -0.4 is 0 Å². The Balaban J connectivity index is 1.72. The normalized spacial score (nSPS) is 17.7. The molecular formula is C21H27F2N3O2. The lowest BCUT2D eigenvalue weighted by Crippen LogP contribution is -2.44. The number of aryl methyl sites for hydroxylation is 1. The predicted molar refractivity (Wildman–Crippen MR) is 103 cm³/mol. The summed E-state index contributed by atoms with van der Waals surface area (Å²) in [5, 5.41) is 0. The summed E-state index contributed by atoms with van der Waals surface area (Å²) in [4.78, 5) is 21.1. The molecule has 1 saturated heterocycles. The Kier molecular flexibility index (Phi) is 6.44. The molecule has 0 unspecified atom stereocenters. The standard InChI is InChI=1S/C21H27F2N3O2/c1-4-26(5-2)21(27)15-7-6-10-25(12-15)13-19-14(3)28-20(24-19)17-11-16(22)8-9-18(17)23/h8-9,11,15H,4-7,10,12-13H2,1-3H3/t15-/m0/s1. The van der Waals surface area contributed by atoms with E-state index in [1.807, 2.05) is 18.7 Å². The molecule has 2 aromatic rings. The summed E-state index contributed by atoms with van der Waals surface area (Å²) in [5.41, 5.74) is 0.706. The first-order chi connectivity index (χ1) is 13.4. The number of hydrogen-bond acceptors (Lipinski definition) is 4. The van der Waals surface area contributed by atoms with E-state index in [0.717, 1.165) is 50.7 Å². The van der Waals surface area contributed by atoms with Crippen molar-refractivity contribution >= 4 is 5.91 Å². The third-order valence-electron chi connectivity index (χ3n) is 5.35. The zero-order chi connectivity index (χ0) is 20.3. The Bertz CT molecular complexity index is 833. The molecule has 7 heteroatoms. The Labute approximate surface area is 164 Å². The highest BCUT2D eigenvalue weighted by Crippen LogP contribution is 2.27. The van der Waals surface area contributed by atoms with E-state index in [1.54, 1.807) is 6.92 Å². The summed E-state index contributed by atoms with van der Waals surface area (Å²) in [6.07, 6.45) is 1.84. The number of halogens is 2. The third kappa shape index (κ3) is 4.41. The number of amides is 1. The van der Waals surface area contributed by atoms with Crippen LogP contribution in [0.5, 0.6) is 0 Å². The number of carbonyl (C=O) groups excluding carboxylic acids is 1. The van der Waals surface area contributed by atoms with E-state index in [4.69, 9.17) is 4.42 Å². The van der Waals surface area contributed by atoms with Gasteiger partial charge in [-0.3, -0.25) is 9.69 Å². The first-order valence-electron chi connectivity index (χ1n) is 9.85. The number of carbonyl (C=O) groups is 1. The van der Waals surface area contributed by atoms with Crippen molar-refractivity contribution in [3.8, 4) is 11.5 Å². The van der Waals surface area contributed by atoms with E-state index in [-0.39, 0.29) is 23.3 Å². The van der Waals surface area contributed by atoms with Crippen LogP contribution in [0, 0.1) is 24.5 Å². The zero-order valence-corrected chi connectivity index (χ0v) is 16.7. The van der Waals surface area contributed by atoms with E-state index in [2.05, 4.69) is 9.88 Å². The van der Waals surface area contributed by atoms with Gasteiger partial charge in [0.1, 0.15) is 17.4 Å². The quantitative estimate of drug-likeness (QED) is 0.747. The number of rotatable bonds is 6. The maximum Gasteiger partial charge on any atom is 0.229 e. The molecule has 5 nitrogen and oxygen atoms in total. The summed E-state index contributed by atoms with van der Waals surface area (Å²) >= 11 is 0. The minimum absolute atomic E-state index is 0.0130. The molecule has 1 atom stereocenters. The lowest BCUT2D eigenvalue weighted by molar-refractivity contribution is -0.137. The summed E-state index contributed by atoms with van der Waals surface area (Å²) < 4.78 is 33.1. The topological polar surface area (TPSA) is 49.6 Å². The molecule has 1 fully saturated rings. The summed E-state index contributed by atoms with van der Waals surface area (Å²) in [6.45, 7) is 9.26. The minimum Gasteiger partial charge on any atom is -0.441 e. The van der Waals surface area contributed by atoms with Crippen molar-refractivity contribution in [2.45, 2.75) is 40.2 Å². The van der Waals surface area contributed by atoms with Gasteiger partial charge in [0.25, 0.3) is 0 Å². The maximum atomic E-state index is 14.0. The van der Waals surface area contributed by atoms with Crippen molar-refractivity contribution in [3.05, 3.63) is 41.3 Å². The van der Waals surface area contributed by atoms with E-state index < -0.39 is 11.6 Å². The van der Waals surface area contributed by atoms with Crippen LogP contribution in [0.1, 0.15) is 38.1 Å². The third-order valence-corrected chi connectivity index (χ3v) is 5.35. The molecule has 0 saturated carbocycles. The number of piperidine rings is 1. The van der Waals surface area contributed by atoms with Crippen LogP contribution in [0.4, 0.5) is 8.78 Å². The molecule has 1 aliphatic heterocycles. The lowest BCUT2D eigenvalue weighted by atomic mass is 9.96. The SMILES string of the molecule is CCN(CC)C(=O)[C@H]1CCCN(Cc2nc(-c3cc(F)ccc3F)oc2C)C1. The maximum absolute atomic E-state index is 14.0. The molecule has 152 valence electrons. The van der Waals surface area contributed by atoms with Crippen molar-refractivity contribution in [3.63, 3.8) is 0 Å². The minimum atomic E-state index is -0.572. The highest BCUT2D eigenvalue weighted by atomic mass is 19.1. The second kappa shape index (κ2) is 8.82. The number of benzene rings is 1. The molecule has 1 aliphatic rings. The first-order valence-corrected chi connectivity index (χ1v) is 9.85. The average Bonchev–Trinajstić information content (AvgIpc) is 3.05. The van der Waals surface area contributed by atoms with Gasteiger partial charge in [-0.1, -0.05) is 0 Å². The van der Waals surface area contributed by atoms with Gasteiger partial charge in [-0.25, -0.2) is 13.8 Å². The van der Waals surface area contributed by atoms with E-state index in [9.17, 15) is 13.6 Å². The van der Waals surface area contributed by atoms with Gasteiger partial charge in [0.2, 0.25) is 11.8 Å². The Hall–Kier alpha value is -2.28. The van der Waals surface area contributed by atoms with Crippen LogP contribution in [0.2, 0.25) is 0 Å². The van der Waals surface area contributed by atoms with Crippen LogP contribution in [0.25, 0.3) is 11.5 Å². The van der Waals surface area contributed by atoms with Crippen molar-refractivity contribution < 1.29 is 18.0 Å². The molecule has 0 aliphatic carbocycles. The van der Waals surface area contributed by atoms with Gasteiger partial charge in [0.05, 0.1) is 17.2 Å². The van der Waals surface area contributed by atoms with Crippen LogP contribution >= 0.6 is 0 Å². The monoisotopic (exact) mass is 391 g/mol. The number of likely N-dealkylation sites (tertiary alicyclic amines) is 1. The second-order valence-electron chi connectivity index (χ2n) is 7.23. The molecule has 28 heavy (non-hydrogen) atoms. The molecule has 2 heterocycles. The molecule has 3 rings (SSSR count). The molecule has 1 aromatic heterocycles. The molecule has 0 radical (unpaired) electrons. The molecule has 0 bridgehead atoms. The fraction of sp³-hybridized carbons (Fsp3) is 0.524. The van der Waals surface area contributed by atoms with Gasteiger partial charge in [-0.05, 0) is 58.4 Å². The predicted octanol–water partition coefficient (Wildman–Crippen LogP) is 4.01. The van der Waals surface area contributed by atoms with Crippen LogP contribution in [0.3, 0.4) is 0 Å². The van der Waals surface area contributed by atoms with Gasteiger partial charge >= 0.3 is 0 Å². The highest BCUT2D eigenvalue weighted by Gasteiger charge is 2.29. The number of aromatic nitrogens is 1. The van der Waals surface area contributed by atoms with E-state index >= 15 is 0 Å².